The zero-order chi connectivity index (χ0) is 21.4. The summed E-state index contributed by atoms with van der Waals surface area (Å²) in [7, 11) is 0. The van der Waals surface area contributed by atoms with E-state index in [0.717, 1.165) is 17.8 Å². The standard InChI is InChI=1S/C25H24FN3O2/c26-18-10-12-19(13-11-18)27-25(31)29-15-22-24(20-8-4-5-9-21(20)29)23(16-30)28(22)14-17-6-2-1-3-7-17/h1-13,22-24,30H,14-16H2,(H,27,31)/t22-,23+,24+/m0/s1. The molecule has 1 saturated heterocycles. The van der Waals surface area contributed by atoms with Gasteiger partial charge in [0.15, 0.2) is 0 Å². The lowest BCUT2D eigenvalue weighted by atomic mass is 9.72. The summed E-state index contributed by atoms with van der Waals surface area (Å²) < 4.78 is 13.2. The van der Waals surface area contributed by atoms with Crippen molar-refractivity contribution in [1.82, 2.24) is 4.90 Å². The van der Waals surface area contributed by atoms with Crippen LogP contribution in [0, 0.1) is 5.82 Å². The monoisotopic (exact) mass is 417 g/mol. The smallest absolute Gasteiger partial charge is 0.326 e. The molecular weight excluding hydrogens is 393 g/mol. The number of para-hydroxylation sites is 1. The van der Waals surface area contributed by atoms with Crippen molar-refractivity contribution < 1.29 is 14.3 Å². The number of carbonyl (C=O) groups is 1. The second-order valence-corrected chi connectivity index (χ2v) is 8.11. The zero-order valence-corrected chi connectivity index (χ0v) is 17.0. The largest absolute Gasteiger partial charge is 0.395 e. The van der Waals surface area contributed by atoms with Gasteiger partial charge in [0, 0.05) is 42.5 Å². The second-order valence-electron chi connectivity index (χ2n) is 8.11. The molecule has 0 aliphatic carbocycles. The summed E-state index contributed by atoms with van der Waals surface area (Å²) in [6, 6.07) is 23.7. The summed E-state index contributed by atoms with van der Waals surface area (Å²) in [5, 5.41) is 13.0. The number of benzene rings is 3. The number of likely N-dealkylation sites (tertiary alicyclic amines) is 1. The zero-order valence-electron chi connectivity index (χ0n) is 17.0. The maximum Gasteiger partial charge on any atom is 0.326 e. The van der Waals surface area contributed by atoms with E-state index in [2.05, 4.69) is 22.3 Å². The summed E-state index contributed by atoms with van der Waals surface area (Å²) in [6.45, 7) is 1.32. The van der Waals surface area contributed by atoms with E-state index in [-0.39, 0.29) is 36.5 Å². The van der Waals surface area contributed by atoms with Gasteiger partial charge in [-0.1, -0.05) is 48.5 Å². The number of aliphatic hydroxyl groups is 1. The molecule has 6 heteroatoms. The minimum absolute atomic E-state index is 0.0219. The van der Waals surface area contributed by atoms with Crippen molar-refractivity contribution in [2.45, 2.75) is 24.5 Å². The SMILES string of the molecule is O=C(Nc1ccc(F)cc1)N1C[C@H]2[C@@H](c3ccccc31)[C@@H](CO)N2Cc1ccccc1. The lowest BCUT2D eigenvalue weighted by Crippen LogP contribution is -2.69. The molecule has 2 heterocycles. The average molecular weight is 417 g/mol. The maximum absolute atomic E-state index is 13.2. The fourth-order valence-electron chi connectivity index (χ4n) is 4.91. The van der Waals surface area contributed by atoms with Gasteiger partial charge in [0.25, 0.3) is 0 Å². The molecule has 2 N–H and O–H groups in total. The van der Waals surface area contributed by atoms with Crippen molar-refractivity contribution in [2.75, 3.05) is 23.4 Å². The molecule has 0 bridgehead atoms. The maximum atomic E-state index is 13.2. The first-order chi connectivity index (χ1) is 15.2. The van der Waals surface area contributed by atoms with Gasteiger partial charge in [-0.05, 0) is 41.5 Å². The molecule has 5 rings (SSSR count). The minimum atomic E-state index is -0.342. The van der Waals surface area contributed by atoms with Gasteiger partial charge >= 0.3 is 6.03 Å². The number of nitrogens with one attached hydrogen (secondary N) is 1. The number of hydrogen-bond donors (Lipinski definition) is 2. The van der Waals surface area contributed by atoms with Crippen molar-refractivity contribution >= 4 is 17.4 Å². The van der Waals surface area contributed by atoms with Gasteiger partial charge in [-0.25, -0.2) is 9.18 Å². The van der Waals surface area contributed by atoms with Gasteiger partial charge in [-0.3, -0.25) is 9.80 Å². The number of rotatable bonds is 4. The molecule has 2 amide bonds. The third-order valence-electron chi connectivity index (χ3n) is 6.37. The van der Waals surface area contributed by atoms with Crippen LogP contribution in [0.1, 0.15) is 17.0 Å². The molecule has 0 unspecified atom stereocenters. The molecule has 158 valence electrons. The number of fused-ring (bicyclic) bond motifs is 3. The van der Waals surface area contributed by atoms with Gasteiger partial charge < -0.3 is 10.4 Å². The first-order valence-electron chi connectivity index (χ1n) is 10.5. The van der Waals surface area contributed by atoms with Crippen LogP contribution in [0.5, 0.6) is 0 Å². The first kappa shape index (κ1) is 19.7. The highest BCUT2D eigenvalue weighted by molar-refractivity contribution is 6.02. The van der Waals surface area contributed by atoms with Crippen LogP contribution in [0.4, 0.5) is 20.6 Å². The van der Waals surface area contributed by atoms with Crippen molar-refractivity contribution in [2.24, 2.45) is 0 Å². The third-order valence-corrected chi connectivity index (χ3v) is 6.37. The van der Waals surface area contributed by atoms with E-state index in [9.17, 15) is 14.3 Å². The molecule has 2 aliphatic rings. The summed E-state index contributed by atoms with van der Waals surface area (Å²) >= 11 is 0. The average Bonchev–Trinajstić information content (AvgIpc) is 2.79. The molecule has 2 aliphatic heterocycles. The lowest BCUT2D eigenvalue weighted by molar-refractivity contribution is -0.0484. The van der Waals surface area contributed by atoms with Gasteiger partial charge in [-0.2, -0.15) is 0 Å². The molecule has 3 aromatic rings. The number of hydrogen-bond acceptors (Lipinski definition) is 3. The Morgan fingerprint density at radius 1 is 1.00 bits per heavy atom. The summed E-state index contributed by atoms with van der Waals surface area (Å²) in [4.78, 5) is 17.2. The molecule has 5 nitrogen and oxygen atoms in total. The van der Waals surface area contributed by atoms with Gasteiger partial charge in [-0.15, -0.1) is 0 Å². The highest BCUT2D eigenvalue weighted by atomic mass is 19.1. The van der Waals surface area contributed by atoms with E-state index in [1.807, 2.05) is 42.5 Å². The number of carbonyl (C=O) groups excluding carboxylic acids is 1. The van der Waals surface area contributed by atoms with Crippen LogP contribution in [0.3, 0.4) is 0 Å². The highest BCUT2D eigenvalue weighted by Crippen LogP contribution is 2.48. The fraction of sp³-hybridized carbons (Fsp3) is 0.240. The molecule has 3 atom stereocenters. The van der Waals surface area contributed by atoms with Crippen LogP contribution in [0.2, 0.25) is 0 Å². The number of anilines is 2. The Balaban J connectivity index is 1.43. The quantitative estimate of drug-likeness (QED) is 0.669. The Morgan fingerprint density at radius 2 is 1.71 bits per heavy atom. The van der Waals surface area contributed by atoms with E-state index in [1.54, 1.807) is 17.0 Å². The Bertz CT molecular complexity index is 1070. The van der Waals surface area contributed by atoms with E-state index in [4.69, 9.17) is 0 Å². The highest BCUT2D eigenvalue weighted by Gasteiger charge is 2.53. The molecule has 0 spiro atoms. The Kier molecular flexibility index (Phi) is 5.18. The minimum Gasteiger partial charge on any atom is -0.395 e. The number of aliphatic hydroxyl groups excluding tert-OH is 1. The molecule has 0 aromatic heterocycles. The van der Waals surface area contributed by atoms with Crippen LogP contribution in [0.25, 0.3) is 0 Å². The summed E-state index contributed by atoms with van der Waals surface area (Å²) in [6.07, 6.45) is 0. The van der Waals surface area contributed by atoms with E-state index >= 15 is 0 Å². The molecule has 31 heavy (non-hydrogen) atoms. The van der Waals surface area contributed by atoms with Crippen molar-refractivity contribution in [1.29, 1.82) is 0 Å². The van der Waals surface area contributed by atoms with Crippen LogP contribution in [-0.4, -0.2) is 41.3 Å². The van der Waals surface area contributed by atoms with Crippen molar-refractivity contribution in [3.05, 3.63) is 95.8 Å². The second kappa shape index (κ2) is 8.13. The van der Waals surface area contributed by atoms with E-state index < -0.39 is 0 Å². The normalized spacial score (nSPS) is 22.3. The molecule has 1 fully saturated rings. The predicted molar refractivity (Wildman–Crippen MR) is 119 cm³/mol. The summed E-state index contributed by atoms with van der Waals surface area (Å²) in [5.74, 6) is -0.162. The van der Waals surface area contributed by atoms with Gasteiger partial charge in [0.1, 0.15) is 5.82 Å². The van der Waals surface area contributed by atoms with E-state index in [0.29, 0.717) is 12.2 Å². The Hall–Kier alpha value is -3.22. The van der Waals surface area contributed by atoms with Crippen LogP contribution < -0.4 is 10.2 Å². The van der Waals surface area contributed by atoms with Crippen LogP contribution in [-0.2, 0) is 6.54 Å². The molecular formula is C25H24FN3O2. The predicted octanol–water partition coefficient (Wildman–Crippen LogP) is 4.21. The Labute approximate surface area is 180 Å². The number of nitrogens with zero attached hydrogens (tertiary/aromatic N) is 2. The van der Waals surface area contributed by atoms with Crippen molar-refractivity contribution in [3.8, 4) is 0 Å². The number of urea groups is 1. The number of amides is 2. The molecule has 3 aromatic carbocycles. The van der Waals surface area contributed by atoms with Gasteiger partial charge in [0.05, 0.1) is 6.61 Å². The van der Waals surface area contributed by atoms with Gasteiger partial charge in [0.2, 0.25) is 0 Å². The summed E-state index contributed by atoms with van der Waals surface area (Å²) in [5.41, 5.74) is 3.67. The van der Waals surface area contributed by atoms with Crippen LogP contribution in [0.15, 0.2) is 78.9 Å². The molecule has 0 saturated carbocycles. The first-order valence-corrected chi connectivity index (χ1v) is 10.5. The fourth-order valence-corrected chi connectivity index (χ4v) is 4.91. The topological polar surface area (TPSA) is 55.8 Å². The van der Waals surface area contributed by atoms with Crippen molar-refractivity contribution in [3.63, 3.8) is 0 Å². The van der Waals surface area contributed by atoms with E-state index in [1.165, 1.54) is 17.7 Å². The lowest BCUT2D eigenvalue weighted by Gasteiger charge is -2.59. The molecule has 0 radical (unpaired) electrons. The third kappa shape index (κ3) is 3.58. The number of halogens is 1. The Morgan fingerprint density at radius 3 is 2.45 bits per heavy atom. The van der Waals surface area contributed by atoms with Crippen LogP contribution >= 0.6 is 0 Å².